The molecule has 0 bridgehead atoms. The number of halogens is 2. The van der Waals surface area contributed by atoms with Crippen molar-refractivity contribution >= 4 is 23.4 Å². The number of nitrogens with one attached hydrogen (secondary N) is 1. The Labute approximate surface area is 166 Å². The minimum absolute atomic E-state index is 0.0589. The summed E-state index contributed by atoms with van der Waals surface area (Å²) < 4.78 is 28.7. The average Bonchev–Trinajstić information content (AvgIpc) is 3.06. The Hall–Kier alpha value is -2.74. The van der Waals surface area contributed by atoms with Gasteiger partial charge in [-0.3, -0.25) is 4.79 Å². The van der Waals surface area contributed by atoms with Crippen LogP contribution in [0.4, 0.5) is 14.5 Å². The Kier molecular flexibility index (Phi) is 6.08. The van der Waals surface area contributed by atoms with Crippen molar-refractivity contribution in [2.75, 3.05) is 5.32 Å². The third kappa shape index (κ3) is 4.22. The van der Waals surface area contributed by atoms with E-state index in [0.29, 0.717) is 11.7 Å². The number of anilines is 1. The number of benzene rings is 2. The van der Waals surface area contributed by atoms with Crippen LogP contribution in [-0.2, 0) is 11.3 Å². The lowest BCUT2D eigenvalue weighted by Gasteiger charge is -2.13. The number of hydrogen-bond donors (Lipinski definition) is 1. The molecule has 1 atom stereocenters. The molecule has 0 aliphatic rings. The van der Waals surface area contributed by atoms with E-state index in [1.807, 2.05) is 42.7 Å². The van der Waals surface area contributed by atoms with Crippen molar-refractivity contribution in [2.24, 2.45) is 0 Å². The normalized spacial score (nSPS) is 12.0. The lowest BCUT2D eigenvalue weighted by molar-refractivity contribution is -0.115. The number of thioether (sulfide) groups is 1. The molecule has 0 aliphatic carbocycles. The molecule has 5 nitrogen and oxygen atoms in total. The van der Waals surface area contributed by atoms with E-state index in [4.69, 9.17) is 0 Å². The smallest absolute Gasteiger partial charge is 0.237 e. The molecule has 3 rings (SSSR count). The zero-order valence-electron chi connectivity index (χ0n) is 15.7. The number of carbonyl (C=O) groups is 1. The van der Waals surface area contributed by atoms with E-state index in [2.05, 4.69) is 15.5 Å². The van der Waals surface area contributed by atoms with E-state index >= 15 is 0 Å². The Morgan fingerprint density at radius 1 is 1.21 bits per heavy atom. The third-order valence-corrected chi connectivity index (χ3v) is 5.34. The van der Waals surface area contributed by atoms with Gasteiger partial charge in [-0.05, 0) is 38.5 Å². The Balaban J connectivity index is 1.78. The van der Waals surface area contributed by atoms with Gasteiger partial charge in [-0.15, -0.1) is 10.2 Å². The van der Waals surface area contributed by atoms with Gasteiger partial charge in [-0.1, -0.05) is 36.0 Å². The largest absolute Gasteiger partial charge is 0.323 e. The SMILES string of the molecule is CCn1c(S[C@H](C)C(=O)Nc2ccc(F)cc2F)nnc1-c1ccccc1C. The van der Waals surface area contributed by atoms with Crippen LogP contribution >= 0.6 is 11.8 Å². The zero-order chi connectivity index (χ0) is 20.3. The highest BCUT2D eigenvalue weighted by atomic mass is 32.2. The molecule has 2 aromatic carbocycles. The van der Waals surface area contributed by atoms with E-state index in [0.717, 1.165) is 29.1 Å². The second-order valence-corrected chi connectivity index (χ2v) is 7.55. The molecule has 0 saturated carbocycles. The van der Waals surface area contributed by atoms with Crippen molar-refractivity contribution in [3.05, 3.63) is 59.7 Å². The van der Waals surface area contributed by atoms with E-state index in [1.165, 1.54) is 17.8 Å². The monoisotopic (exact) mass is 402 g/mol. The van der Waals surface area contributed by atoms with Gasteiger partial charge in [0.1, 0.15) is 11.6 Å². The lowest BCUT2D eigenvalue weighted by atomic mass is 10.1. The summed E-state index contributed by atoms with van der Waals surface area (Å²) in [5, 5.41) is 11.1. The molecule has 8 heteroatoms. The molecule has 0 radical (unpaired) electrons. The topological polar surface area (TPSA) is 59.8 Å². The van der Waals surface area contributed by atoms with Crippen LogP contribution in [0.25, 0.3) is 11.4 Å². The van der Waals surface area contributed by atoms with Crippen LogP contribution in [-0.4, -0.2) is 25.9 Å². The quantitative estimate of drug-likeness (QED) is 0.609. The Morgan fingerprint density at radius 2 is 1.96 bits per heavy atom. The molecule has 1 aromatic heterocycles. The first-order chi connectivity index (χ1) is 13.4. The van der Waals surface area contributed by atoms with E-state index in [9.17, 15) is 13.6 Å². The summed E-state index contributed by atoms with van der Waals surface area (Å²) in [6, 6.07) is 10.9. The number of rotatable bonds is 6. The highest BCUT2D eigenvalue weighted by molar-refractivity contribution is 8.00. The van der Waals surface area contributed by atoms with Crippen LogP contribution in [0.3, 0.4) is 0 Å². The van der Waals surface area contributed by atoms with Crippen molar-refractivity contribution < 1.29 is 13.6 Å². The summed E-state index contributed by atoms with van der Waals surface area (Å²) in [7, 11) is 0. The van der Waals surface area contributed by atoms with Crippen LogP contribution in [0, 0.1) is 18.6 Å². The van der Waals surface area contributed by atoms with Gasteiger partial charge in [0, 0.05) is 18.2 Å². The second-order valence-electron chi connectivity index (χ2n) is 6.24. The van der Waals surface area contributed by atoms with Crippen molar-refractivity contribution in [1.82, 2.24) is 14.8 Å². The predicted octanol–water partition coefficient (Wildman–Crippen LogP) is 4.67. The van der Waals surface area contributed by atoms with Gasteiger partial charge in [0.15, 0.2) is 11.0 Å². The van der Waals surface area contributed by atoms with E-state index in [-0.39, 0.29) is 5.69 Å². The van der Waals surface area contributed by atoms with Crippen LogP contribution < -0.4 is 5.32 Å². The maximum absolute atomic E-state index is 13.8. The third-order valence-electron chi connectivity index (χ3n) is 4.26. The van der Waals surface area contributed by atoms with Crippen molar-refractivity contribution in [1.29, 1.82) is 0 Å². The van der Waals surface area contributed by atoms with Gasteiger partial charge in [0.05, 0.1) is 10.9 Å². The number of aromatic nitrogens is 3. The number of amides is 1. The van der Waals surface area contributed by atoms with E-state index in [1.54, 1.807) is 6.92 Å². The van der Waals surface area contributed by atoms with Crippen LogP contribution in [0.1, 0.15) is 19.4 Å². The lowest BCUT2D eigenvalue weighted by Crippen LogP contribution is -2.23. The molecule has 1 amide bonds. The molecule has 0 saturated heterocycles. The van der Waals surface area contributed by atoms with Gasteiger partial charge in [-0.2, -0.15) is 0 Å². The summed E-state index contributed by atoms with van der Waals surface area (Å²) in [5.74, 6) is -1.18. The summed E-state index contributed by atoms with van der Waals surface area (Å²) in [4.78, 5) is 12.4. The minimum Gasteiger partial charge on any atom is -0.323 e. The number of hydrogen-bond acceptors (Lipinski definition) is 4. The van der Waals surface area contributed by atoms with Crippen molar-refractivity contribution in [3.8, 4) is 11.4 Å². The molecule has 1 N–H and O–H groups in total. The standard InChI is InChI=1S/C20H20F2N4OS/c1-4-26-18(15-8-6-5-7-12(15)2)24-25-20(26)28-13(3)19(27)23-17-10-9-14(21)11-16(17)22/h5-11,13H,4H2,1-3H3,(H,23,27)/t13-/m1/s1. The van der Waals surface area contributed by atoms with Crippen LogP contribution in [0.2, 0.25) is 0 Å². The minimum atomic E-state index is -0.816. The van der Waals surface area contributed by atoms with Gasteiger partial charge < -0.3 is 9.88 Å². The molecule has 28 heavy (non-hydrogen) atoms. The average molecular weight is 402 g/mol. The van der Waals surface area contributed by atoms with Gasteiger partial charge in [0.2, 0.25) is 5.91 Å². The van der Waals surface area contributed by atoms with Crippen molar-refractivity contribution in [3.63, 3.8) is 0 Å². The Morgan fingerprint density at radius 3 is 2.64 bits per heavy atom. The fraction of sp³-hybridized carbons (Fsp3) is 0.250. The highest BCUT2D eigenvalue weighted by Crippen LogP contribution is 2.29. The molecular formula is C20H20F2N4OS. The second kappa shape index (κ2) is 8.52. The highest BCUT2D eigenvalue weighted by Gasteiger charge is 2.21. The fourth-order valence-electron chi connectivity index (χ4n) is 2.72. The summed E-state index contributed by atoms with van der Waals surface area (Å²) >= 11 is 1.23. The number of carbonyl (C=O) groups excluding carboxylic acids is 1. The number of nitrogens with zero attached hydrogens (tertiary/aromatic N) is 3. The molecular weight excluding hydrogens is 382 g/mol. The number of aryl methyl sites for hydroxylation is 1. The van der Waals surface area contributed by atoms with Crippen LogP contribution in [0.15, 0.2) is 47.6 Å². The molecule has 0 aliphatic heterocycles. The van der Waals surface area contributed by atoms with Gasteiger partial charge in [0.25, 0.3) is 0 Å². The molecule has 0 unspecified atom stereocenters. The Bertz CT molecular complexity index is 1010. The van der Waals surface area contributed by atoms with E-state index < -0.39 is 22.8 Å². The molecule has 0 fully saturated rings. The first kappa shape index (κ1) is 20.0. The van der Waals surface area contributed by atoms with Gasteiger partial charge in [-0.25, -0.2) is 8.78 Å². The fourth-order valence-corrected chi connectivity index (χ4v) is 3.63. The van der Waals surface area contributed by atoms with Crippen LogP contribution in [0.5, 0.6) is 0 Å². The summed E-state index contributed by atoms with van der Waals surface area (Å²) in [6.45, 7) is 6.32. The zero-order valence-corrected chi connectivity index (χ0v) is 16.6. The molecule has 146 valence electrons. The summed E-state index contributed by atoms with van der Waals surface area (Å²) in [5.41, 5.74) is 2.00. The summed E-state index contributed by atoms with van der Waals surface area (Å²) in [6.07, 6.45) is 0. The molecule has 3 aromatic rings. The molecule has 0 spiro atoms. The van der Waals surface area contributed by atoms with Gasteiger partial charge >= 0.3 is 0 Å². The maximum atomic E-state index is 13.8. The first-order valence-corrected chi connectivity index (χ1v) is 9.70. The maximum Gasteiger partial charge on any atom is 0.237 e. The van der Waals surface area contributed by atoms with Crippen molar-refractivity contribution in [2.45, 2.75) is 37.7 Å². The molecule has 1 heterocycles. The predicted molar refractivity (Wildman–Crippen MR) is 106 cm³/mol. The first-order valence-electron chi connectivity index (χ1n) is 8.82.